The molecule has 1 rings (SSSR count). The number of nitriles is 1. The summed E-state index contributed by atoms with van der Waals surface area (Å²) in [5.74, 6) is 0. The molecule has 0 heterocycles. The first kappa shape index (κ1) is 13.5. The van der Waals surface area contributed by atoms with E-state index in [4.69, 9.17) is 11.0 Å². The van der Waals surface area contributed by atoms with E-state index in [1.807, 2.05) is 6.07 Å². The van der Waals surface area contributed by atoms with Gasteiger partial charge in [-0.05, 0) is 19.1 Å². The highest BCUT2D eigenvalue weighted by Crippen LogP contribution is 2.22. The molecule has 1 aromatic rings. The summed E-state index contributed by atoms with van der Waals surface area (Å²) in [6.45, 7) is 1.68. The predicted octanol–water partition coefficient (Wildman–Crippen LogP) is 1.19. The van der Waals surface area contributed by atoms with Crippen LogP contribution in [0.5, 0.6) is 0 Å². The lowest BCUT2D eigenvalue weighted by Gasteiger charge is -2.22. The number of nitrogens with zero attached hydrogens (tertiary/aromatic N) is 2. The molecule has 0 amide bonds. The van der Waals surface area contributed by atoms with Crippen molar-refractivity contribution in [1.29, 1.82) is 5.26 Å². The van der Waals surface area contributed by atoms with Crippen molar-refractivity contribution in [3.8, 4) is 6.07 Å². The average molecular weight is 253 g/mol. The molecule has 17 heavy (non-hydrogen) atoms. The highest BCUT2D eigenvalue weighted by Gasteiger charge is 2.26. The molecule has 2 N–H and O–H groups in total. The standard InChI is InChI=1S/C11H15N3O2S/c1-9(7-8-12)14(2)17(15,16)11-6-4-3-5-10(11)13/h3-6,9H,7,13H2,1-2H3. The zero-order valence-corrected chi connectivity index (χ0v) is 10.6. The van der Waals surface area contributed by atoms with E-state index in [0.717, 1.165) is 0 Å². The van der Waals surface area contributed by atoms with Crippen LogP contribution in [0.15, 0.2) is 29.2 Å². The third-order valence-electron chi connectivity index (χ3n) is 2.58. The lowest BCUT2D eigenvalue weighted by atomic mass is 10.3. The Hall–Kier alpha value is -1.58. The Morgan fingerprint density at radius 1 is 1.47 bits per heavy atom. The Labute approximate surface area is 102 Å². The maximum absolute atomic E-state index is 12.2. The Morgan fingerprint density at radius 3 is 2.59 bits per heavy atom. The number of benzene rings is 1. The maximum Gasteiger partial charge on any atom is 0.245 e. The first-order chi connectivity index (χ1) is 7.91. The first-order valence-corrected chi connectivity index (χ1v) is 6.54. The smallest absolute Gasteiger partial charge is 0.245 e. The van der Waals surface area contributed by atoms with Crippen LogP contribution in [-0.2, 0) is 10.0 Å². The van der Waals surface area contributed by atoms with E-state index in [0.29, 0.717) is 0 Å². The van der Waals surface area contributed by atoms with Crippen molar-refractivity contribution in [2.75, 3.05) is 12.8 Å². The second-order valence-corrected chi connectivity index (χ2v) is 5.74. The van der Waals surface area contributed by atoms with Crippen molar-refractivity contribution in [2.24, 2.45) is 0 Å². The molecule has 0 saturated carbocycles. The largest absolute Gasteiger partial charge is 0.398 e. The number of para-hydroxylation sites is 1. The molecule has 0 radical (unpaired) electrons. The summed E-state index contributed by atoms with van der Waals surface area (Å²) in [5, 5.41) is 8.58. The topological polar surface area (TPSA) is 87.2 Å². The molecule has 1 aromatic carbocycles. The third kappa shape index (κ3) is 2.75. The van der Waals surface area contributed by atoms with Gasteiger partial charge in [-0.1, -0.05) is 12.1 Å². The summed E-state index contributed by atoms with van der Waals surface area (Å²) in [4.78, 5) is 0.0762. The number of hydrogen-bond donors (Lipinski definition) is 1. The van der Waals surface area contributed by atoms with Gasteiger partial charge in [-0.25, -0.2) is 8.42 Å². The van der Waals surface area contributed by atoms with Crippen molar-refractivity contribution in [1.82, 2.24) is 4.31 Å². The fraction of sp³-hybridized carbons (Fsp3) is 0.364. The van der Waals surface area contributed by atoms with Gasteiger partial charge in [0.05, 0.1) is 18.2 Å². The van der Waals surface area contributed by atoms with E-state index in [1.54, 1.807) is 19.1 Å². The van der Waals surface area contributed by atoms with Gasteiger partial charge >= 0.3 is 0 Å². The van der Waals surface area contributed by atoms with Crippen molar-refractivity contribution in [3.05, 3.63) is 24.3 Å². The zero-order valence-electron chi connectivity index (χ0n) is 9.79. The quantitative estimate of drug-likeness (QED) is 0.816. The van der Waals surface area contributed by atoms with Gasteiger partial charge in [0.25, 0.3) is 0 Å². The fourth-order valence-electron chi connectivity index (χ4n) is 1.37. The molecule has 0 spiro atoms. The van der Waals surface area contributed by atoms with Gasteiger partial charge in [-0.15, -0.1) is 0 Å². The van der Waals surface area contributed by atoms with E-state index in [-0.39, 0.29) is 23.0 Å². The van der Waals surface area contributed by atoms with Crippen LogP contribution in [0.2, 0.25) is 0 Å². The minimum absolute atomic E-state index is 0.0762. The Kier molecular flexibility index (Phi) is 4.10. The van der Waals surface area contributed by atoms with Gasteiger partial charge in [0.15, 0.2) is 0 Å². The molecule has 0 bridgehead atoms. The summed E-state index contributed by atoms with van der Waals surface area (Å²) >= 11 is 0. The molecule has 0 saturated heterocycles. The highest BCUT2D eigenvalue weighted by atomic mass is 32.2. The van der Waals surface area contributed by atoms with Crippen molar-refractivity contribution in [3.63, 3.8) is 0 Å². The Balaban J connectivity index is 3.13. The van der Waals surface area contributed by atoms with E-state index in [2.05, 4.69) is 0 Å². The second kappa shape index (κ2) is 5.17. The SMILES string of the molecule is CC(CC#N)N(C)S(=O)(=O)c1ccccc1N. The summed E-state index contributed by atoms with van der Waals surface area (Å²) < 4.78 is 25.6. The zero-order chi connectivity index (χ0) is 13.1. The summed E-state index contributed by atoms with van der Waals surface area (Å²) in [5.41, 5.74) is 5.86. The number of rotatable bonds is 4. The van der Waals surface area contributed by atoms with E-state index in [9.17, 15) is 8.42 Å². The number of anilines is 1. The second-order valence-electron chi connectivity index (χ2n) is 3.77. The first-order valence-electron chi connectivity index (χ1n) is 5.10. The van der Waals surface area contributed by atoms with Crippen LogP contribution in [0, 0.1) is 11.3 Å². The fourth-order valence-corrected chi connectivity index (χ4v) is 2.84. The van der Waals surface area contributed by atoms with Gasteiger partial charge in [0, 0.05) is 13.1 Å². The molecule has 0 aromatic heterocycles. The summed E-state index contributed by atoms with van der Waals surface area (Å²) in [6.07, 6.45) is 0.141. The lowest BCUT2D eigenvalue weighted by Crippen LogP contribution is -2.35. The van der Waals surface area contributed by atoms with E-state index < -0.39 is 10.0 Å². The lowest BCUT2D eigenvalue weighted by molar-refractivity contribution is 0.393. The molecule has 6 heteroatoms. The number of sulfonamides is 1. The van der Waals surface area contributed by atoms with Gasteiger partial charge in [0.1, 0.15) is 4.90 Å². The number of nitrogens with two attached hydrogens (primary N) is 1. The summed E-state index contributed by atoms with van der Waals surface area (Å²) in [7, 11) is -2.19. The monoisotopic (exact) mass is 253 g/mol. The van der Waals surface area contributed by atoms with Crippen LogP contribution in [0.3, 0.4) is 0 Å². The average Bonchev–Trinajstić information content (AvgIpc) is 2.28. The minimum Gasteiger partial charge on any atom is -0.398 e. The van der Waals surface area contributed by atoms with Gasteiger partial charge < -0.3 is 5.73 Å². The number of hydrogen-bond acceptors (Lipinski definition) is 4. The van der Waals surface area contributed by atoms with Crippen LogP contribution in [0.4, 0.5) is 5.69 Å². The molecule has 0 aliphatic heterocycles. The predicted molar refractivity (Wildman–Crippen MR) is 65.5 cm³/mol. The number of nitrogen functional groups attached to an aromatic ring is 1. The van der Waals surface area contributed by atoms with E-state index in [1.165, 1.54) is 23.5 Å². The maximum atomic E-state index is 12.2. The van der Waals surface area contributed by atoms with Crippen LogP contribution in [0.25, 0.3) is 0 Å². The van der Waals surface area contributed by atoms with Crippen LogP contribution < -0.4 is 5.73 Å². The van der Waals surface area contributed by atoms with Crippen LogP contribution >= 0.6 is 0 Å². The van der Waals surface area contributed by atoms with Crippen LogP contribution in [-0.4, -0.2) is 25.8 Å². The Morgan fingerprint density at radius 2 is 2.06 bits per heavy atom. The van der Waals surface area contributed by atoms with Gasteiger partial charge in [-0.3, -0.25) is 0 Å². The minimum atomic E-state index is -3.63. The molecule has 0 aliphatic rings. The molecule has 5 nitrogen and oxygen atoms in total. The van der Waals surface area contributed by atoms with Crippen molar-refractivity contribution in [2.45, 2.75) is 24.3 Å². The van der Waals surface area contributed by atoms with E-state index >= 15 is 0 Å². The molecule has 0 aliphatic carbocycles. The molecule has 0 fully saturated rings. The molecule has 1 unspecified atom stereocenters. The normalized spacial score (nSPS) is 13.3. The molecular formula is C11H15N3O2S. The molecule has 92 valence electrons. The molecular weight excluding hydrogens is 238 g/mol. The van der Waals surface area contributed by atoms with Gasteiger partial charge in [-0.2, -0.15) is 9.57 Å². The molecule has 1 atom stereocenters. The third-order valence-corrected chi connectivity index (χ3v) is 4.63. The van der Waals surface area contributed by atoms with Crippen molar-refractivity contribution >= 4 is 15.7 Å². The Bertz CT molecular complexity index is 534. The highest BCUT2D eigenvalue weighted by molar-refractivity contribution is 7.89. The van der Waals surface area contributed by atoms with Gasteiger partial charge in [0.2, 0.25) is 10.0 Å². The van der Waals surface area contributed by atoms with Crippen molar-refractivity contribution < 1.29 is 8.42 Å². The summed E-state index contributed by atoms with van der Waals surface area (Å²) in [6, 6.07) is 7.85. The van der Waals surface area contributed by atoms with Crippen LogP contribution in [0.1, 0.15) is 13.3 Å².